The van der Waals surface area contributed by atoms with Gasteiger partial charge in [-0.25, -0.2) is 0 Å². The van der Waals surface area contributed by atoms with Crippen molar-refractivity contribution in [2.75, 3.05) is 0 Å². The highest BCUT2D eigenvalue weighted by Crippen LogP contribution is 2.29. The van der Waals surface area contributed by atoms with E-state index in [1.54, 1.807) is 0 Å². The minimum atomic E-state index is 0.907. The van der Waals surface area contributed by atoms with Gasteiger partial charge in [-0.1, -0.05) is 127 Å². The first-order chi connectivity index (χ1) is 20.8. The van der Waals surface area contributed by atoms with Gasteiger partial charge in [-0.15, -0.1) is 0 Å². The lowest BCUT2D eigenvalue weighted by atomic mass is 10.0. The summed E-state index contributed by atoms with van der Waals surface area (Å²) >= 11 is 0. The normalized spacial score (nSPS) is 11.0. The molecule has 0 fully saturated rings. The number of H-pyrrole nitrogens is 2. The second-order valence-corrected chi connectivity index (χ2v) is 10.6. The Morgan fingerprint density at radius 3 is 1.19 bits per heavy atom. The van der Waals surface area contributed by atoms with E-state index in [2.05, 4.69) is 166 Å². The molecule has 2 aromatic heterocycles. The van der Waals surface area contributed by atoms with Crippen LogP contribution < -0.4 is 0 Å². The first-order valence-electron chi connectivity index (χ1n) is 14.2. The van der Waals surface area contributed by atoms with Crippen molar-refractivity contribution in [2.24, 2.45) is 0 Å². The van der Waals surface area contributed by atoms with Crippen molar-refractivity contribution >= 4 is 0 Å². The summed E-state index contributed by atoms with van der Waals surface area (Å²) in [4.78, 5) is 0. The fourth-order valence-electron chi connectivity index (χ4n) is 5.34. The average molecular weight is 543 g/mol. The van der Waals surface area contributed by atoms with E-state index >= 15 is 0 Å². The molecule has 0 saturated carbocycles. The van der Waals surface area contributed by atoms with Crippen LogP contribution >= 0.6 is 0 Å². The number of nitrogens with zero attached hydrogens (tertiary/aromatic N) is 2. The van der Waals surface area contributed by atoms with Crippen molar-refractivity contribution in [1.29, 1.82) is 0 Å². The summed E-state index contributed by atoms with van der Waals surface area (Å²) in [5.74, 6) is 0. The molecular weight excluding hydrogens is 512 g/mol. The summed E-state index contributed by atoms with van der Waals surface area (Å²) in [6, 6.07) is 51.1. The molecule has 0 radical (unpaired) electrons. The fraction of sp³-hybridized carbons (Fsp3) is 0.0526. The highest BCUT2D eigenvalue weighted by atomic mass is 15.1. The maximum Gasteiger partial charge on any atom is 0.0927 e. The molecule has 0 amide bonds. The Hall–Kier alpha value is -5.48. The van der Waals surface area contributed by atoms with E-state index in [0.29, 0.717) is 0 Å². The number of aromatic amines is 2. The highest BCUT2D eigenvalue weighted by Gasteiger charge is 2.11. The smallest absolute Gasteiger partial charge is 0.0927 e. The van der Waals surface area contributed by atoms with Crippen molar-refractivity contribution < 1.29 is 0 Å². The summed E-state index contributed by atoms with van der Waals surface area (Å²) < 4.78 is 0. The second-order valence-electron chi connectivity index (χ2n) is 10.6. The maximum absolute atomic E-state index is 4.63. The minimum Gasteiger partial charge on any atom is -0.277 e. The van der Waals surface area contributed by atoms with Crippen LogP contribution in [-0.4, -0.2) is 20.4 Å². The molecule has 5 aromatic carbocycles. The summed E-state index contributed by atoms with van der Waals surface area (Å²) in [6.07, 6.45) is 1.85. The molecule has 4 heteroatoms. The molecule has 0 unspecified atom stereocenters. The minimum absolute atomic E-state index is 0.907. The lowest BCUT2D eigenvalue weighted by molar-refractivity contribution is 1.09. The molecule has 7 aromatic rings. The molecule has 2 heterocycles. The molecule has 0 atom stereocenters. The third kappa shape index (κ3) is 5.70. The Morgan fingerprint density at radius 1 is 0.357 bits per heavy atom. The van der Waals surface area contributed by atoms with Gasteiger partial charge in [0.05, 0.1) is 22.8 Å². The van der Waals surface area contributed by atoms with Gasteiger partial charge in [0.15, 0.2) is 0 Å². The van der Waals surface area contributed by atoms with Gasteiger partial charge in [0.2, 0.25) is 0 Å². The predicted molar refractivity (Wildman–Crippen MR) is 171 cm³/mol. The van der Waals surface area contributed by atoms with Gasteiger partial charge in [0.1, 0.15) is 0 Å². The van der Waals surface area contributed by atoms with Gasteiger partial charge >= 0.3 is 0 Å². The van der Waals surface area contributed by atoms with E-state index in [4.69, 9.17) is 0 Å². The van der Waals surface area contributed by atoms with E-state index in [1.165, 1.54) is 22.3 Å². The Bertz CT molecular complexity index is 1760. The zero-order valence-electron chi connectivity index (χ0n) is 23.2. The highest BCUT2D eigenvalue weighted by molar-refractivity contribution is 5.74. The first-order valence-corrected chi connectivity index (χ1v) is 14.2. The molecule has 0 aliphatic carbocycles. The van der Waals surface area contributed by atoms with Crippen LogP contribution in [0.15, 0.2) is 146 Å². The van der Waals surface area contributed by atoms with Crippen molar-refractivity contribution in [2.45, 2.75) is 12.8 Å². The molecule has 2 N–H and O–H groups in total. The van der Waals surface area contributed by atoms with Crippen LogP contribution in [0.1, 0.15) is 22.3 Å². The van der Waals surface area contributed by atoms with Gasteiger partial charge < -0.3 is 0 Å². The molecule has 0 saturated heterocycles. The van der Waals surface area contributed by atoms with Crippen LogP contribution in [0.2, 0.25) is 0 Å². The van der Waals surface area contributed by atoms with E-state index in [-0.39, 0.29) is 0 Å². The summed E-state index contributed by atoms with van der Waals surface area (Å²) in [5.41, 5.74) is 13.4. The number of benzene rings is 5. The summed E-state index contributed by atoms with van der Waals surface area (Å²) in [7, 11) is 0. The molecular formula is C38H30N4. The van der Waals surface area contributed by atoms with Crippen LogP contribution in [0.5, 0.6) is 0 Å². The quantitative estimate of drug-likeness (QED) is 0.201. The Labute approximate surface area is 245 Å². The molecule has 42 heavy (non-hydrogen) atoms. The van der Waals surface area contributed by atoms with Gasteiger partial charge in [0.25, 0.3) is 0 Å². The standard InChI is InChI=1S/C38H30N4/c1-3-8-27(9-4-1)22-29-14-18-31(19-15-29)35-25-37(41-39-35)33-12-7-13-34(24-33)38-26-36(40-42-38)32-20-16-30(17-21-32)23-28-10-5-2-6-11-28/h1-21,24-26H,22-23H2,(H,39,41)(H,40,42). The van der Waals surface area contributed by atoms with Gasteiger partial charge in [-0.05, 0) is 64.4 Å². The molecule has 0 aliphatic rings. The van der Waals surface area contributed by atoms with Crippen molar-refractivity contribution in [1.82, 2.24) is 20.4 Å². The fourth-order valence-corrected chi connectivity index (χ4v) is 5.34. The topological polar surface area (TPSA) is 57.4 Å². The molecule has 7 rings (SSSR count). The number of hydrogen-bond donors (Lipinski definition) is 2. The summed E-state index contributed by atoms with van der Waals surface area (Å²) in [6.45, 7) is 0. The predicted octanol–water partition coefficient (Wildman–Crippen LogP) is 8.98. The third-order valence-electron chi connectivity index (χ3n) is 7.64. The molecule has 0 bridgehead atoms. The first kappa shape index (κ1) is 25.5. The van der Waals surface area contributed by atoms with E-state index in [9.17, 15) is 0 Å². The largest absolute Gasteiger partial charge is 0.277 e. The number of aromatic nitrogens is 4. The van der Waals surface area contributed by atoms with Gasteiger partial charge in [0, 0.05) is 11.1 Å². The molecule has 4 nitrogen and oxygen atoms in total. The van der Waals surface area contributed by atoms with Gasteiger partial charge in [-0.3, -0.25) is 10.2 Å². The van der Waals surface area contributed by atoms with Crippen LogP contribution in [0, 0.1) is 0 Å². The average Bonchev–Trinajstić information content (AvgIpc) is 3.75. The van der Waals surface area contributed by atoms with E-state index < -0.39 is 0 Å². The van der Waals surface area contributed by atoms with Crippen LogP contribution in [0.25, 0.3) is 45.0 Å². The zero-order chi connectivity index (χ0) is 28.1. The van der Waals surface area contributed by atoms with Gasteiger partial charge in [-0.2, -0.15) is 10.2 Å². The molecule has 0 aliphatic heterocycles. The molecule has 0 spiro atoms. The van der Waals surface area contributed by atoms with Crippen molar-refractivity contribution in [3.8, 4) is 45.0 Å². The van der Waals surface area contributed by atoms with Crippen molar-refractivity contribution in [3.05, 3.63) is 168 Å². The van der Waals surface area contributed by atoms with E-state index in [1.807, 2.05) is 0 Å². The van der Waals surface area contributed by atoms with Crippen LogP contribution in [0.3, 0.4) is 0 Å². The number of rotatable bonds is 8. The number of nitrogens with one attached hydrogen (secondary N) is 2. The number of hydrogen-bond acceptors (Lipinski definition) is 2. The Balaban J connectivity index is 1.05. The van der Waals surface area contributed by atoms with Crippen LogP contribution in [0.4, 0.5) is 0 Å². The van der Waals surface area contributed by atoms with Crippen molar-refractivity contribution in [3.63, 3.8) is 0 Å². The third-order valence-corrected chi connectivity index (χ3v) is 7.64. The second kappa shape index (κ2) is 11.6. The lowest BCUT2D eigenvalue weighted by Crippen LogP contribution is -1.87. The lowest BCUT2D eigenvalue weighted by Gasteiger charge is -2.03. The summed E-state index contributed by atoms with van der Waals surface area (Å²) in [5, 5.41) is 15.7. The molecule has 202 valence electrons. The SMILES string of the molecule is c1ccc(Cc2ccc(-c3cc(-c4cccc(-c5cc(-c6ccc(Cc7ccccc7)cc6)[nH]n5)c4)n[nH]3)cc2)cc1. The zero-order valence-corrected chi connectivity index (χ0v) is 23.2. The Kier molecular flexibility index (Phi) is 7.01. The monoisotopic (exact) mass is 542 g/mol. The van der Waals surface area contributed by atoms with E-state index in [0.717, 1.165) is 57.9 Å². The maximum atomic E-state index is 4.63. The Morgan fingerprint density at radius 2 is 0.762 bits per heavy atom. The van der Waals surface area contributed by atoms with Crippen LogP contribution in [-0.2, 0) is 12.8 Å².